The maximum absolute atomic E-state index is 12.7. The van der Waals surface area contributed by atoms with Crippen molar-refractivity contribution < 1.29 is 19.1 Å². The molecule has 0 spiro atoms. The van der Waals surface area contributed by atoms with E-state index in [1.807, 2.05) is 0 Å². The van der Waals surface area contributed by atoms with Gasteiger partial charge in [0.15, 0.2) is 0 Å². The van der Waals surface area contributed by atoms with Crippen LogP contribution < -0.4 is 10.6 Å². The summed E-state index contributed by atoms with van der Waals surface area (Å²) in [6.07, 6.45) is -0.156. The number of nitrogens with one attached hydrogen (secondary N) is 2. The maximum Gasteiger partial charge on any atom is 0.319 e. The predicted octanol–water partition coefficient (Wildman–Crippen LogP) is 1.42. The minimum absolute atomic E-state index is 0.0243. The second-order valence-corrected chi connectivity index (χ2v) is 3.03. The van der Waals surface area contributed by atoms with Gasteiger partial charge in [0.2, 0.25) is 0 Å². The normalized spacial score (nSPS) is 9.56. The molecule has 0 saturated heterocycles. The highest BCUT2D eigenvalue weighted by molar-refractivity contribution is 5.89. The van der Waals surface area contributed by atoms with Gasteiger partial charge < -0.3 is 15.7 Å². The van der Waals surface area contributed by atoms with Crippen LogP contribution >= 0.6 is 0 Å². The molecule has 3 N–H and O–H groups in total. The smallest absolute Gasteiger partial charge is 0.319 e. The molecule has 0 aromatic heterocycles. The van der Waals surface area contributed by atoms with Gasteiger partial charge in [-0.1, -0.05) is 6.07 Å². The van der Waals surface area contributed by atoms with Gasteiger partial charge in [-0.05, 0) is 18.2 Å². The number of carboxylic acids is 1. The van der Waals surface area contributed by atoms with Gasteiger partial charge in [-0.15, -0.1) is 0 Å². The molecule has 6 heteroatoms. The number of anilines is 1. The van der Waals surface area contributed by atoms with Gasteiger partial charge in [-0.2, -0.15) is 0 Å². The molecule has 5 nitrogen and oxygen atoms in total. The summed E-state index contributed by atoms with van der Waals surface area (Å²) in [7, 11) is 0. The second-order valence-electron chi connectivity index (χ2n) is 3.03. The molecule has 0 saturated carbocycles. The van der Waals surface area contributed by atoms with Gasteiger partial charge in [-0.3, -0.25) is 4.79 Å². The summed E-state index contributed by atoms with van der Waals surface area (Å²) in [6.45, 7) is 0.0243. The summed E-state index contributed by atoms with van der Waals surface area (Å²) in [5.41, 5.74) is 0.313. The summed E-state index contributed by atoms with van der Waals surface area (Å²) in [5, 5.41) is 13.0. The van der Waals surface area contributed by atoms with Crippen LogP contribution in [-0.4, -0.2) is 23.7 Å². The number of amides is 2. The average molecular weight is 226 g/mol. The number of carboxylic acid groups (broad SMARTS) is 1. The Kier molecular flexibility index (Phi) is 4.26. The van der Waals surface area contributed by atoms with E-state index in [1.54, 1.807) is 0 Å². The fourth-order valence-electron chi connectivity index (χ4n) is 1.02. The molecule has 0 heterocycles. The van der Waals surface area contributed by atoms with E-state index in [0.29, 0.717) is 5.69 Å². The molecule has 0 bridgehead atoms. The first-order valence-corrected chi connectivity index (χ1v) is 4.60. The molecule has 86 valence electrons. The monoisotopic (exact) mass is 226 g/mol. The molecular formula is C10H11FN2O3. The zero-order valence-corrected chi connectivity index (χ0v) is 8.37. The second kappa shape index (κ2) is 5.69. The highest BCUT2D eigenvalue weighted by Gasteiger charge is 2.03. The van der Waals surface area contributed by atoms with Crippen molar-refractivity contribution in [2.45, 2.75) is 6.42 Å². The number of rotatable bonds is 4. The van der Waals surface area contributed by atoms with Gasteiger partial charge in [0, 0.05) is 12.2 Å². The van der Waals surface area contributed by atoms with Crippen molar-refractivity contribution in [3.8, 4) is 0 Å². The van der Waals surface area contributed by atoms with Gasteiger partial charge in [0.25, 0.3) is 0 Å². The minimum Gasteiger partial charge on any atom is -0.481 e. The van der Waals surface area contributed by atoms with Crippen LogP contribution in [0, 0.1) is 5.82 Å². The third-order valence-electron chi connectivity index (χ3n) is 1.71. The summed E-state index contributed by atoms with van der Waals surface area (Å²) in [5.74, 6) is -1.45. The zero-order valence-electron chi connectivity index (χ0n) is 8.37. The molecule has 0 aliphatic carbocycles. The average Bonchev–Trinajstić information content (AvgIpc) is 2.16. The lowest BCUT2D eigenvalue weighted by Crippen LogP contribution is -2.30. The van der Waals surface area contributed by atoms with Gasteiger partial charge in [0.05, 0.1) is 6.42 Å². The van der Waals surface area contributed by atoms with E-state index < -0.39 is 17.8 Å². The Morgan fingerprint density at radius 3 is 2.75 bits per heavy atom. The van der Waals surface area contributed by atoms with E-state index in [1.165, 1.54) is 18.2 Å². The van der Waals surface area contributed by atoms with E-state index in [-0.39, 0.29) is 13.0 Å². The van der Waals surface area contributed by atoms with E-state index in [2.05, 4.69) is 10.6 Å². The predicted molar refractivity (Wildman–Crippen MR) is 55.7 cm³/mol. The maximum atomic E-state index is 12.7. The van der Waals surface area contributed by atoms with Crippen molar-refractivity contribution >= 4 is 17.7 Å². The largest absolute Gasteiger partial charge is 0.481 e. The summed E-state index contributed by atoms with van der Waals surface area (Å²) < 4.78 is 12.7. The Morgan fingerprint density at radius 2 is 2.12 bits per heavy atom. The van der Waals surface area contributed by atoms with Crippen molar-refractivity contribution in [1.82, 2.24) is 5.32 Å². The number of carbonyl (C=O) groups is 2. The van der Waals surface area contributed by atoms with Crippen LogP contribution in [0.25, 0.3) is 0 Å². The Hall–Kier alpha value is -2.11. The van der Waals surface area contributed by atoms with Crippen LogP contribution in [0.5, 0.6) is 0 Å². The Bertz CT molecular complexity index is 395. The molecule has 0 unspecified atom stereocenters. The third kappa shape index (κ3) is 4.41. The number of hydrogen-bond donors (Lipinski definition) is 3. The third-order valence-corrected chi connectivity index (χ3v) is 1.71. The molecule has 1 rings (SSSR count). The molecule has 1 aromatic rings. The quantitative estimate of drug-likeness (QED) is 0.726. The number of hydrogen-bond acceptors (Lipinski definition) is 2. The first-order chi connectivity index (χ1) is 7.58. The van der Waals surface area contributed by atoms with Crippen molar-refractivity contribution in [2.75, 3.05) is 11.9 Å². The molecule has 0 aliphatic rings. The lowest BCUT2D eigenvalue weighted by atomic mass is 10.3. The number of halogens is 1. The fourth-order valence-corrected chi connectivity index (χ4v) is 1.02. The van der Waals surface area contributed by atoms with Gasteiger partial charge in [0.1, 0.15) is 5.82 Å². The number of benzene rings is 1. The Labute approximate surface area is 91.3 Å². The van der Waals surface area contributed by atoms with Crippen molar-refractivity contribution in [3.05, 3.63) is 30.1 Å². The molecule has 0 aliphatic heterocycles. The van der Waals surface area contributed by atoms with Crippen LogP contribution in [0.15, 0.2) is 24.3 Å². The van der Waals surface area contributed by atoms with E-state index >= 15 is 0 Å². The minimum atomic E-state index is -0.994. The van der Waals surface area contributed by atoms with Crippen LogP contribution in [0.2, 0.25) is 0 Å². The van der Waals surface area contributed by atoms with Crippen molar-refractivity contribution in [3.63, 3.8) is 0 Å². The van der Waals surface area contributed by atoms with Gasteiger partial charge >= 0.3 is 12.0 Å². The summed E-state index contributed by atoms with van der Waals surface area (Å²) in [6, 6.07) is 4.85. The zero-order chi connectivity index (χ0) is 12.0. The van der Waals surface area contributed by atoms with Crippen molar-refractivity contribution in [1.29, 1.82) is 0 Å². The standard InChI is InChI=1S/C10H11FN2O3/c11-7-2-1-3-8(6-7)13-10(16)12-5-4-9(14)15/h1-3,6H,4-5H2,(H,14,15)(H2,12,13,16). The molecule has 16 heavy (non-hydrogen) atoms. The Balaban J connectivity index is 2.37. The topological polar surface area (TPSA) is 78.4 Å². The molecule has 1 aromatic carbocycles. The fraction of sp³-hybridized carbons (Fsp3) is 0.200. The summed E-state index contributed by atoms with van der Waals surface area (Å²) in [4.78, 5) is 21.3. The van der Waals surface area contributed by atoms with Crippen LogP contribution in [0.1, 0.15) is 6.42 Å². The van der Waals surface area contributed by atoms with Crippen LogP contribution in [0.4, 0.5) is 14.9 Å². The van der Waals surface area contributed by atoms with E-state index in [0.717, 1.165) is 6.07 Å². The molecular weight excluding hydrogens is 215 g/mol. The first kappa shape index (κ1) is 12.0. The highest BCUT2D eigenvalue weighted by Crippen LogP contribution is 2.08. The molecule has 0 fully saturated rings. The molecule has 2 amide bonds. The lowest BCUT2D eigenvalue weighted by Gasteiger charge is -2.06. The number of aliphatic carboxylic acids is 1. The SMILES string of the molecule is O=C(O)CCNC(=O)Nc1cccc(F)c1. The molecule has 0 radical (unpaired) electrons. The van der Waals surface area contributed by atoms with Gasteiger partial charge in [-0.25, -0.2) is 9.18 Å². The van der Waals surface area contributed by atoms with E-state index in [9.17, 15) is 14.0 Å². The first-order valence-electron chi connectivity index (χ1n) is 4.60. The van der Waals surface area contributed by atoms with E-state index in [4.69, 9.17) is 5.11 Å². The van der Waals surface area contributed by atoms with Crippen LogP contribution in [-0.2, 0) is 4.79 Å². The number of carbonyl (C=O) groups excluding carboxylic acids is 1. The number of urea groups is 1. The van der Waals surface area contributed by atoms with Crippen molar-refractivity contribution in [2.24, 2.45) is 0 Å². The Morgan fingerprint density at radius 1 is 1.38 bits per heavy atom. The molecule has 0 atom stereocenters. The van der Waals surface area contributed by atoms with Crippen LogP contribution in [0.3, 0.4) is 0 Å². The lowest BCUT2D eigenvalue weighted by molar-refractivity contribution is -0.136. The summed E-state index contributed by atoms with van der Waals surface area (Å²) >= 11 is 0. The highest BCUT2D eigenvalue weighted by atomic mass is 19.1.